The zero-order valence-electron chi connectivity index (χ0n) is 5.81. The van der Waals surface area contributed by atoms with Crippen LogP contribution >= 0.6 is 0 Å². The SMILES string of the molecule is O=S(=O)(F)C1(F)OC(F)(F)OC1(F)F. The van der Waals surface area contributed by atoms with E-state index >= 15 is 0 Å². The van der Waals surface area contributed by atoms with E-state index in [1.807, 2.05) is 0 Å². The van der Waals surface area contributed by atoms with Crippen molar-refractivity contribution in [2.45, 2.75) is 17.6 Å². The summed E-state index contributed by atoms with van der Waals surface area (Å²) in [5, 5.41) is -5.54. The van der Waals surface area contributed by atoms with E-state index in [9.17, 15) is 34.3 Å². The molecule has 1 atom stereocenters. The van der Waals surface area contributed by atoms with Crippen molar-refractivity contribution in [3.05, 3.63) is 0 Å². The Morgan fingerprint density at radius 3 is 1.50 bits per heavy atom. The van der Waals surface area contributed by atoms with Gasteiger partial charge in [0.15, 0.2) is 0 Å². The number of alkyl halides is 5. The second-order valence-corrected chi connectivity index (χ2v) is 3.56. The van der Waals surface area contributed by atoms with E-state index in [2.05, 4.69) is 9.47 Å². The van der Waals surface area contributed by atoms with Gasteiger partial charge in [-0.05, 0) is 0 Å². The molecule has 1 unspecified atom stereocenters. The molecule has 0 aliphatic carbocycles. The molecule has 1 heterocycles. The maximum Gasteiger partial charge on any atom is 0.494 e. The van der Waals surface area contributed by atoms with Crippen LogP contribution in [0.2, 0.25) is 0 Å². The van der Waals surface area contributed by atoms with Crippen molar-refractivity contribution in [3.63, 3.8) is 0 Å². The third kappa shape index (κ3) is 1.44. The summed E-state index contributed by atoms with van der Waals surface area (Å²) in [4.78, 5) is 0. The summed E-state index contributed by atoms with van der Waals surface area (Å²) in [6.45, 7) is 0. The fraction of sp³-hybridized carbons (Fsp3) is 1.00. The van der Waals surface area contributed by atoms with Crippen LogP contribution in [0.3, 0.4) is 0 Å². The van der Waals surface area contributed by atoms with E-state index in [0.29, 0.717) is 0 Å². The van der Waals surface area contributed by atoms with Crippen molar-refractivity contribution in [1.82, 2.24) is 0 Å². The van der Waals surface area contributed by atoms with Crippen LogP contribution in [0.25, 0.3) is 0 Å². The van der Waals surface area contributed by atoms with Gasteiger partial charge >= 0.3 is 27.8 Å². The fourth-order valence-corrected chi connectivity index (χ4v) is 1.16. The lowest BCUT2D eigenvalue weighted by Gasteiger charge is -2.16. The molecular weight excluding hydrogens is 246 g/mol. The first-order valence-electron chi connectivity index (χ1n) is 2.70. The van der Waals surface area contributed by atoms with Crippen molar-refractivity contribution in [1.29, 1.82) is 0 Å². The summed E-state index contributed by atoms with van der Waals surface area (Å²) in [6.07, 6.45) is -10.9. The van der Waals surface area contributed by atoms with Gasteiger partial charge in [0.1, 0.15) is 0 Å². The lowest BCUT2D eigenvalue weighted by atomic mass is 10.6. The van der Waals surface area contributed by atoms with E-state index in [-0.39, 0.29) is 0 Å². The largest absolute Gasteiger partial charge is 0.494 e. The Labute approximate surface area is 72.6 Å². The zero-order valence-corrected chi connectivity index (χ0v) is 6.63. The number of ether oxygens (including phenoxy) is 2. The molecule has 0 bridgehead atoms. The molecule has 14 heavy (non-hydrogen) atoms. The molecule has 0 radical (unpaired) electrons. The quantitative estimate of drug-likeness (QED) is 0.513. The number of hydrogen-bond donors (Lipinski definition) is 0. The second-order valence-electron chi connectivity index (χ2n) is 2.16. The average Bonchev–Trinajstić information content (AvgIpc) is 1.94. The van der Waals surface area contributed by atoms with E-state index in [1.54, 1.807) is 0 Å². The van der Waals surface area contributed by atoms with E-state index in [1.165, 1.54) is 0 Å². The first-order chi connectivity index (χ1) is 5.91. The Morgan fingerprint density at radius 1 is 0.929 bits per heavy atom. The van der Waals surface area contributed by atoms with Crippen LogP contribution in [0, 0.1) is 0 Å². The summed E-state index contributed by atoms with van der Waals surface area (Å²) in [7, 11) is -6.72. The first-order valence-corrected chi connectivity index (χ1v) is 4.09. The van der Waals surface area contributed by atoms with Gasteiger partial charge in [-0.2, -0.15) is 21.6 Å². The van der Waals surface area contributed by atoms with Crippen LogP contribution in [-0.4, -0.2) is 26.0 Å². The highest BCUT2D eigenvalue weighted by Gasteiger charge is 2.80. The Hall–Kier alpha value is -0.550. The van der Waals surface area contributed by atoms with Crippen LogP contribution in [0.4, 0.5) is 25.8 Å². The molecular formula is C3F6O4S. The number of hydrogen-bond acceptors (Lipinski definition) is 4. The van der Waals surface area contributed by atoms with Gasteiger partial charge in [-0.3, -0.25) is 0 Å². The summed E-state index contributed by atoms with van der Waals surface area (Å²) >= 11 is 0. The molecule has 0 aromatic heterocycles. The Balaban J connectivity index is 3.26. The van der Waals surface area contributed by atoms with Gasteiger partial charge in [-0.1, -0.05) is 3.89 Å². The topological polar surface area (TPSA) is 52.6 Å². The molecule has 0 aromatic rings. The first kappa shape index (κ1) is 11.5. The van der Waals surface area contributed by atoms with Crippen LogP contribution in [-0.2, 0) is 19.7 Å². The lowest BCUT2D eigenvalue weighted by molar-refractivity contribution is -0.386. The van der Waals surface area contributed by atoms with Gasteiger partial charge < -0.3 is 0 Å². The molecule has 0 spiro atoms. The predicted octanol–water partition coefficient (Wildman–Crippen LogP) is 1.10. The summed E-state index contributed by atoms with van der Waals surface area (Å²) in [6, 6.07) is 0. The average molecular weight is 246 g/mol. The highest BCUT2D eigenvalue weighted by atomic mass is 32.3. The minimum absolute atomic E-state index is 2.30. The highest BCUT2D eigenvalue weighted by Crippen LogP contribution is 2.52. The van der Waals surface area contributed by atoms with E-state index < -0.39 is 27.8 Å². The molecule has 11 heteroatoms. The third-order valence-corrected chi connectivity index (χ3v) is 2.11. The van der Waals surface area contributed by atoms with Crippen molar-refractivity contribution in [3.8, 4) is 0 Å². The van der Waals surface area contributed by atoms with Crippen LogP contribution in [0.5, 0.6) is 0 Å². The van der Waals surface area contributed by atoms with E-state index in [0.717, 1.165) is 0 Å². The molecule has 1 rings (SSSR count). The molecule has 1 saturated heterocycles. The monoisotopic (exact) mass is 246 g/mol. The summed E-state index contributed by atoms with van der Waals surface area (Å²) < 4.78 is 96.8. The standard InChI is InChI=1S/C3F6O4S/c4-1(5)2(6,14(9,10)11)13-3(7,8)12-1. The normalized spacial score (nSPS) is 35.9. The van der Waals surface area contributed by atoms with Gasteiger partial charge in [0, 0.05) is 0 Å². The second kappa shape index (κ2) is 2.52. The molecule has 0 saturated carbocycles. The molecule has 0 N–H and O–H groups in total. The van der Waals surface area contributed by atoms with Crippen molar-refractivity contribution in [2.75, 3.05) is 0 Å². The summed E-state index contributed by atoms with van der Waals surface area (Å²) in [5.41, 5.74) is 0. The Bertz CT molecular complexity index is 350. The molecule has 1 fully saturated rings. The maximum atomic E-state index is 12.6. The lowest BCUT2D eigenvalue weighted by Crippen LogP contribution is -2.46. The predicted molar refractivity (Wildman–Crippen MR) is 25.9 cm³/mol. The molecule has 1 aliphatic rings. The van der Waals surface area contributed by atoms with Crippen molar-refractivity contribution < 1.29 is 43.7 Å². The molecule has 84 valence electrons. The molecule has 0 aromatic carbocycles. The van der Waals surface area contributed by atoms with Crippen LogP contribution in [0.15, 0.2) is 0 Å². The van der Waals surface area contributed by atoms with Crippen LogP contribution in [0.1, 0.15) is 0 Å². The third-order valence-electron chi connectivity index (χ3n) is 1.16. The molecule has 1 aliphatic heterocycles. The van der Waals surface area contributed by atoms with E-state index in [4.69, 9.17) is 0 Å². The Morgan fingerprint density at radius 2 is 1.36 bits per heavy atom. The fourth-order valence-electron chi connectivity index (χ4n) is 0.635. The van der Waals surface area contributed by atoms with Gasteiger partial charge in [0.2, 0.25) is 0 Å². The maximum absolute atomic E-state index is 12.6. The number of rotatable bonds is 1. The Kier molecular flexibility index (Phi) is 2.07. The zero-order chi connectivity index (χ0) is 11.4. The minimum Gasteiger partial charge on any atom is -0.235 e. The molecule has 0 amide bonds. The van der Waals surface area contributed by atoms with Gasteiger partial charge in [-0.15, -0.1) is 8.78 Å². The minimum atomic E-state index is -6.72. The van der Waals surface area contributed by atoms with Crippen molar-refractivity contribution in [2.24, 2.45) is 0 Å². The summed E-state index contributed by atoms with van der Waals surface area (Å²) in [5.74, 6) is 0. The van der Waals surface area contributed by atoms with Crippen molar-refractivity contribution >= 4 is 10.2 Å². The highest BCUT2D eigenvalue weighted by molar-refractivity contribution is 7.87. The van der Waals surface area contributed by atoms with Gasteiger partial charge in [-0.25, -0.2) is 9.47 Å². The van der Waals surface area contributed by atoms with Gasteiger partial charge in [0.25, 0.3) is 0 Å². The smallest absolute Gasteiger partial charge is 0.235 e. The van der Waals surface area contributed by atoms with Crippen LogP contribution < -0.4 is 0 Å². The van der Waals surface area contributed by atoms with Gasteiger partial charge in [0.05, 0.1) is 0 Å². The molecule has 4 nitrogen and oxygen atoms in total. The number of halogens is 6.